The summed E-state index contributed by atoms with van der Waals surface area (Å²) in [7, 11) is 0. The Labute approximate surface area is 95.9 Å². The van der Waals surface area contributed by atoms with Crippen LogP contribution in [0.25, 0.3) is 0 Å². The van der Waals surface area contributed by atoms with Gasteiger partial charge < -0.3 is 10.1 Å². The van der Waals surface area contributed by atoms with Crippen LogP contribution in [-0.2, 0) is 6.54 Å². The standard InChI is InChI=1S/C9H12ClN3O3/c10-7-6(11-9(16)12-8(7)15)4-13-2-1-5(14)3-13/h5,14H,1-4H2,(H2,11,12,15,16). The van der Waals surface area contributed by atoms with Gasteiger partial charge in [0.1, 0.15) is 5.02 Å². The third-order valence-corrected chi connectivity index (χ3v) is 2.98. The Morgan fingerprint density at radius 3 is 2.81 bits per heavy atom. The molecule has 1 atom stereocenters. The number of aromatic amines is 2. The second kappa shape index (κ2) is 4.40. The van der Waals surface area contributed by atoms with Gasteiger partial charge in [0, 0.05) is 19.6 Å². The van der Waals surface area contributed by atoms with Crippen molar-refractivity contribution in [2.75, 3.05) is 13.1 Å². The molecule has 16 heavy (non-hydrogen) atoms. The number of hydrogen-bond acceptors (Lipinski definition) is 4. The lowest BCUT2D eigenvalue weighted by Gasteiger charge is -2.14. The van der Waals surface area contributed by atoms with E-state index >= 15 is 0 Å². The summed E-state index contributed by atoms with van der Waals surface area (Å²) in [5, 5.41) is 9.34. The van der Waals surface area contributed by atoms with E-state index in [-0.39, 0.29) is 11.1 Å². The molecule has 1 fully saturated rings. The van der Waals surface area contributed by atoms with Crippen molar-refractivity contribution >= 4 is 11.6 Å². The quantitative estimate of drug-likeness (QED) is 0.642. The first-order valence-electron chi connectivity index (χ1n) is 4.97. The van der Waals surface area contributed by atoms with Crippen molar-refractivity contribution < 1.29 is 5.11 Å². The molecule has 1 aromatic rings. The lowest BCUT2D eigenvalue weighted by atomic mass is 10.3. The number of aromatic nitrogens is 2. The van der Waals surface area contributed by atoms with Crippen molar-refractivity contribution in [3.05, 3.63) is 31.6 Å². The topological polar surface area (TPSA) is 89.2 Å². The third kappa shape index (κ3) is 2.34. The zero-order valence-electron chi connectivity index (χ0n) is 8.49. The molecule has 6 nitrogen and oxygen atoms in total. The molecule has 0 radical (unpaired) electrons. The van der Waals surface area contributed by atoms with Crippen molar-refractivity contribution in [3.8, 4) is 0 Å². The molecule has 0 bridgehead atoms. The summed E-state index contributed by atoms with van der Waals surface area (Å²) in [5.74, 6) is 0. The smallest absolute Gasteiger partial charge is 0.326 e. The number of aliphatic hydroxyl groups is 1. The fourth-order valence-electron chi connectivity index (χ4n) is 1.81. The maximum absolute atomic E-state index is 11.2. The van der Waals surface area contributed by atoms with Crippen LogP contribution in [0.15, 0.2) is 9.59 Å². The lowest BCUT2D eigenvalue weighted by molar-refractivity contribution is 0.174. The number of nitrogens with one attached hydrogen (secondary N) is 2. The highest BCUT2D eigenvalue weighted by Crippen LogP contribution is 2.14. The van der Waals surface area contributed by atoms with Gasteiger partial charge in [0.15, 0.2) is 0 Å². The van der Waals surface area contributed by atoms with Crippen LogP contribution in [0.4, 0.5) is 0 Å². The first kappa shape index (κ1) is 11.4. The van der Waals surface area contributed by atoms with Crippen LogP contribution in [0.1, 0.15) is 12.1 Å². The minimum absolute atomic E-state index is 0.000916. The highest BCUT2D eigenvalue weighted by molar-refractivity contribution is 6.30. The Kier molecular flexibility index (Phi) is 3.13. The number of likely N-dealkylation sites (tertiary alicyclic amines) is 1. The van der Waals surface area contributed by atoms with E-state index in [1.54, 1.807) is 0 Å². The van der Waals surface area contributed by atoms with E-state index < -0.39 is 11.2 Å². The van der Waals surface area contributed by atoms with E-state index in [9.17, 15) is 14.7 Å². The van der Waals surface area contributed by atoms with Crippen molar-refractivity contribution in [2.24, 2.45) is 0 Å². The van der Waals surface area contributed by atoms with Crippen molar-refractivity contribution in [1.82, 2.24) is 14.9 Å². The minimum Gasteiger partial charge on any atom is -0.392 e. The van der Waals surface area contributed by atoms with Crippen LogP contribution in [0.3, 0.4) is 0 Å². The van der Waals surface area contributed by atoms with Crippen LogP contribution in [-0.4, -0.2) is 39.2 Å². The molecular weight excluding hydrogens is 234 g/mol. The number of rotatable bonds is 2. The van der Waals surface area contributed by atoms with Gasteiger partial charge in [0.05, 0.1) is 11.8 Å². The maximum Gasteiger partial charge on any atom is 0.326 e. The van der Waals surface area contributed by atoms with Gasteiger partial charge in [-0.25, -0.2) is 4.79 Å². The molecular formula is C9H12ClN3O3. The first-order chi connectivity index (χ1) is 7.56. The number of β-amino-alcohol motifs (C(OH)–C–C–N with tert-alkyl or cyclic N) is 1. The predicted molar refractivity (Wildman–Crippen MR) is 58.6 cm³/mol. The Morgan fingerprint density at radius 2 is 2.19 bits per heavy atom. The number of aliphatic hydroxyl groups excluding tert-OH is 1. The molecule has 0 aliphatic carbocycles. The van der Waals surface area contributed by atoms with Gasteiger partial charge in [-0.15, -0.1) is 0 Å². The monoisotopic (exact) mass is 245 g/mol. The molecule has 1 aliphatic heterocycles. The molecule has 88 valence electrons. The van der Waals surface area contributed by atoms with Crippen molar-refractivity contribution in [2.45, 2.75) is 19.1 Å². The average Bonchev–Trinajstić information content (AvgIpc) is 2.60. The first-order valence-corrected chi connectivity index (χ1v) is 5.35. The summed E-state index contributed by atoms with van der Waals surface area (Å²) in [4.78, 5) is 28.8. The molecule has 1 saturated heterocycles. The summed E-state index contributed by atoms with van der Waals surface area (Å²) >= 11 is 5.78. The van der Waals surface area contributed by atoms with Crippen LogP contribution >= 0.6 is 11.6 Å². The summed E-state index contributed by atoms with van der Waals surface area (Å²) in [5.41, 5.74) is -0.756. The number of hydrogen-bond donors (Lipinski definition) is 3. The average molecular weight is 246 g/mol. The molecule has 2 rings (SSSR count). The van der Waals surface area contributed by atoms with Gasteiger partial charge in [-0.1, -0.05) is 11.6 Å². The second-order valence-corrected chi connectivity index (χ2v) is 4.26. The van der Waals surface area contributed by atoms with E-state index in [1.807, 2.05) is 9.88 Å². The molecule has 7 heteroatoms. The summed E-state index contributed by atoms with van der Waals surface area (Å²) in [6.45, 7) is 1.63. The Morgan fingerprint density at radius 1 is 1.44 bits per heavy atom. The zero-order valence-corrected chi connectivity index (χ0v) is 9.25. The van der Waals surface area contributed by atoms with Crippen LogP contribution in [0.5, 0.6) is 0 Å². The van der Waals surface area contributed by atoms with E-state index in [4.69, 9.17) is 11.6 Å². The SMILES string of the molecule is O=c1[nH]c(CN2CCC(O)C2)c(Cl)c(=O)[nH]1. The van der Waals surface area contributed by atoms with Crippen LogP contribution in [0.2, 0.25) is 5.02 Å². The molecule has 1 aromatic heterocycles. The molecule has 0 aromatic carbocycles. The van der Waals surface area contributed by atoms with Crippen molar-refractivity contribution in [1.29, 1.82) is 0 Å². The molecule has 0 spiro atoms. The second-order valence-electron chi connectivity index (χ2n) is 3.88. The normalized spacial score (nSPS) is 21.5. The molecule has 2 heterocycles. The predicted octanol–water partition coefficient (Wildman–Crippen LogP) is -0.717. The van der Waals surface area contributed by atoms with Crippen LogP contribution in [0, 0.1) is 0 Å². The maximum atomic E-state index is 11.2. The summed E-state index contributed by atoms with van der Waals surface area (Å²) in [6.07, 6.45) is 0.359. The van der Waals surface area contributed by atoms with Crippen molar-refractivity contribution in [3.63, 3.8) is 0 Å². The molecule has 1 aliphatic rings. The Bertz CT molecular complexity index is 496. The zero-order chi connectivity index (χ0) is 11.7. The van der Waals surface area contributed by atoms with E-state index in [1.165, 1.54) is 0 Å². The summed E-state index contributed by atoms with van der Waals surface area (Å²) < 4.78 is 0. The van der Waals surface area contributed by atoms with E-state index in [0.29, 0.717) is 25.2 Å². The Balaban J connectivity index is 2.21. The fourth-order valence-corrected chi connectivity index (χ4v) is 1.96. The van der Waals surface area contributed by atoms with E-state index in [0.717, 1.165) is 6.54 Å². The third-order valence-electron chi connectivity index (χ3n) is 2.59. The van der Waals surface area contributed by atoms with Gasteiger partial charge in [0.2, 0.25) is 0 Å². The molecule has 3 N–H and O–H groups in total. The van der Waals surface area contributed by atoms with Gasteiger partial charge in [0.25, 0.3) is 5.56 Å². The lowest BCUT2D eigenvalue weighted by Crippen LogP contribution is -2.29. The minimum atomic E-state index is -0.583. The van der Waals surface area contributed by atoms with Gasteiger partial charge in [-0.2, -0.15) is 0 Å². The van der Waals surface area contributed by atoms with Gasteiger partial charge >= 0.3 is 5.69 Å². The molecule has 1 unspecified atom stereocenters. The van der Waals surface area contributed by atoms with Gasteiger partial charge in [-0.05, 0) is 6.42 Å². The number of halogens is 1. The Hall–Kier alpha value is -1.11. The summed E-state index contributed by atoms with van der Waals surface area (Å²) in [6, 6.07) is 0. The molecule has 0 saturated carbocycles. The number of H-pyrrole nitrogens is 2. The molecule has 0 amide bonds. The fraction of sp³-hybridized carbons (Fsp3) is 0.556. The van der Waals surface area contributed by atoms with Gasteiger partial charge in [-0.3, -0.25) is 14.7 Å². The highest BCUT2D eigenvalue weighted by atomic mass is 35.5. The van der Waals surface area contributed by atoms with Crippen LogP contribution < -0.4 is 11.2 Å². The number of nitrogens with zero attached hydrogens (tertiary/aromatic N) is 1. The van der Waals surface area contributed by atoms with E-state index in [2.05, 4.69) is 4.98 Å². The largest absolute Gasteiger partial charge is 0.392 e. The highest BCUT2D eigenvalue weighted by Gasteiger charge is 2.21.